The fourth-order valence-corrected chi connectivity index (χ4v) is 3.12. The van der Waals surface area contributed by atoms with Crippen LogP contribution in [0.15, 0.2) is 4.90 Å². The minimum atomic E-state index is 0.671. The molecule has 1 aromatic heterocycles. The summed E-state index contributed by atoms with van der Waals surface area (Å²) in [5, 5.41) is 1.20. The van der Waals surface area contributed by atoms with E-state index in [2.05, 4.69) is 23.2 Å². The Morgan fingerprint density at radius 1 is 1.47 bits per heavy atom. The Kier molecular flexibility index (Phi) is 5.25. The van der Waals surface area contributed by atoms with Gasteiger partial charge in [-0.3, -0.25) is 0 Å². The summed E-state index contributed by atoms with van der Waals surface area (Å²) in [6.07, 6.45) is 5.82. The molecule has 0 spiro atoms. The number of aromatic nitrogens is 1. The lowest BCUT2D eigenvalue weighted by Gasteiger charge is -2.17. The van der Waals surface area contributed by atoms with Gasteiger partial charge in [0.25, 0.3) is 0 Å². The number of thioether (sulfide) groups is 1. The molecule has 0 radical (unpaired) electrons. The molecular formula is C10H19N3S2. The number of hydrogen-bond acceptors (Lipinski definition) is 5. The predicted molar refractivity (Wildman–Crippen MR) is 71.1 cm³/mol. The Labute approximate surface area is 100 Å². The Morgan fingerprint density at radius 2 is 2.20 bits per heavy atom. The van der Waals surface area contributed by atoms with E-state index in [1.54, 1.807) is 11.8 Å². The Hall–Kier alpha value is -0.420. The number of unbranched alkanes of at least 4 members (excludes halogenated alkanes) is 2. The molecule has 86 valence electrons. The summed E-state index contributed by atoms with van der Waals surface area (Å²) in [5.41, 5.74) is 5.80. The molecule has 2 N–H and O–H groups in total. The molecular weight excluding hydrogens is 226 g/mol. The summed E-state index contributed by atoms with van der Waals surface area (Å²) in [5.74, 6) is 0.671. The first-order chi connectivity index (χ1) is 7.20. The third-order valence-corrected chi connectivity index (χ3v) is 4.22. The van der Waals surface area contributed by atoms with E-state index in [9.17, 15) is 0 Å². The highest BCUT2D eigenvalue weighted by Gasteiger charge is 2.13. The number of anilines is 2. The maximum absolute atomic E-state index is 5.80. The second-order valence-electron chi connectivity index (χ2n) is 3.53. The van der Waals surface area contributed by atoms with Crippen molar-refractivity contribution in [3.8, 4) is 0 Å². The van der Waals surface area contributed by atoms with Crippen molar-refractivity contribution in [1.82, 2.24) is 4.37 Å². The minimum absolute atomic E-state index is 0.671. The average molecular weight is 245 g/mol. The summed E-state index contributed by atoms with van der Waals surface area (Å²) in [4.78, 5) is 3.38. The molecule has 0 fully saturated rings. The second-order valence-corrected chi connectivity index (χ2v) is 5.10. The molecule has 0 aliphatic heterocycles. The van der Waals surface area contributed by atoms with Crippen molar-refractivity contribution < 1.29 is 0 Å². The van der Waals surface area contributed by atoms with Gasteiger partial charge in [0, 0.05) is 13.6 Å². The van der Waals surface area contributed by atoms with Gasteiger partial charge in [0.15, 0.2) is 5.82 Å². The van der Waals surface area contributed by atoms with Crippen LogP contribution < -0.4 is 10.6 Å². The molecule has 1 aromatic rings. The molecule has 0 amide bonds. The van der Waals surface area contributed by atoms with E-state index in [-0.39, 0.29) is 0 Å². The van der Waals surface area contributed by atoms with Gasteiger partial charge in [-0.1, -0.05) is 19.8 Å². The Morgan fingerprint density at radius 3 is 2.80 bits per heavy atom. The van der Waals surface area contributed by atoms with Gasteiger partial charge >= 0.3 is 0 Å². The van der Waals surface area contributed by atoms with Gasteiger partial charge < -0.3 is 10.6 Å². The smallest absolute Gasteiger partial charge is 0.153 e. The largest absolute Gasteiger partial charge is 0.382 e. The van der Waals surface area contributed by atoms with Crippen LogP contribution in [0.4, 0.5) is 10.8 Å². The molecule has 0 atom stereocenters. The molecule has 0 aliphatic rings. The zero-order valence-corrected chi connectivity index (χ0v) is 11.2. The van der Waals surface area contributed by atoms with Crippen molar-refractivity contribution in [2.45, 2.75) is 31.1 Å². The van der Waals surface area contributed by atoms with Gasteiger partial charge in [0.2, 0.25) is 0 Å². The Balaban J connectivity index is 2.60. The fraction of sp³-hybridized carbons (Fsp3) is 0.700. The average Bonchev–Trinajstić information content (AvgIpc) is 2.59. The standard InChI is InChI=1S/C10H19N3S2/c1-4-5-6-7-13(2)10-8(14-3)9(11)12-15-10/h4-7H2,1-3H3,(H2,11,12). The second kappa shape index (κ2) is 6.23. The van der Waals surface area contributed by atoms with E-state index in [1.807, 2.05) is 6.26 Å². The first-order valence-corrected chi connectivity index (χ1v) is 7.20. The van der Waals surface area contributed by atoms with E-state index in [1.165, 1.54) is 35.8 Å². The quantitative estimate of drug-likeness (QED) is 0.618. The molecule has 0 aromatic carbocycles. The van der Waals surface area contributed by atoms with Crippen LogP contribution in [0.1, 0.15) is 26.2 Å². The van der Waals surface area contributed by atoms with Crippen LogP contribution in [0.2, 0.25) is 0 Å². The SMILES string of the molecule is CCCCCN(C)c1snc(N)c1SC. The third-order valence-electron chi connectivity index (χ3n) is 2.31. The zero-order valence-electron chi connectivity index (χ0n) is 9.62. The van der Waals surface area contributed by atoms with Crippen LogP contribution in [0.3, 0.4) is 0 Å². The normalized spacial score (nSPS) is 10.6. The van der Waals surface area contributed by atoms with Crippen molar-refractivity contribution in [2.75, 3.05) is 30.5 Å². The first-order valence-electron chi connectivity index (χ1n) is 5.21. The van der Waals surface area contributed by atoms with Gasteiger partial charge in [-0.15, -0.1) is 11.8 Å². The highest BCUT2D eigenvalue weighted by molar-refractivity contribution is 7.99. The highest BCUT2D eigenvalue weighted by atomic mass is 32.2. The molecule has 0 bridgehead atoms. The number of nitrogens with zero attached hydrogens (tertiary/aromatic N) is 2. The zero-order chi connectivity index (χ0) is 11.3. The summed E-state index contributed by atoms with van der Waals surface area (Å²) in [6, 6.07) is 0. The molecule has 0 saturated heterocycles. The predicted octanol–water partition coefficient (Wildman–Crippen LogP) is 3.07. The molecule has 0 aliphatic carbocycles. The summed E-state index contributed by atoms with van der Waals surface area (Å²) in [6.45, 7) is 3.31. The first kappa shape index (κ1) is 12.6. The van der Waals surface area contributed by atoms with E-state index < -0.39 is 0 Å². The summed E-state index contributed by atoms with van der Waals surface area (Å²) < 4.78 is 4.19. The Bertz CT molecular complexity index is 299. The van der Waals surface area contributed by atoms with Crippen molar-refractivity contribution >= 4 is 34.1 Å². The molecule has 3 nitrogen and oxygen atoms in total. The fourth-order valence-electron chi connectivity index (χ4n) is 1.42. The monoisotopic (exact) mass is 245 g/mol. The summed E-state index contributed by atoms with van der Waals surface area (Å²) >= 11 is 3.17. The molecule has 5 heteroatoms. The van der Waals surface area contributed by atoms with E-state index >= 15 is 0 Å². The van der Waals surface area contributed by atoms with E-state index in [0.29, 0.717) is 5.82 Å². The maximum atomic E-state index is 5.80. The number of hydrogen-bond donors (Lipinski definition) is 1. The molecule has 0 unspecified atom stereocenters. The van der Waals surface area contributed by atoms with Crippen molar-refractivity contribution in [3.05, 3.63) is 0 Å². The van der Waals surface area contributed by atoms with E-state index in [0.717, 1.165) is 11.4 Å². The van der Waals surface area contributed by atoms with Gasteiger partial charge in [-0.05, 0) is 24.2 Å². The van der Waals surface area contributed by atoms with Crippen molar-refractivity contribution in [3.63, 3.8) is 0 Å². The molecule has 0 saturated carbocycles. The highest BCUT2D eigenvalue weighted by Crippen LogP contribution is 2.36. The van der Waals surface area contributed by atoms with Crippen LogP contribution in [-0.4, -0.2) is 24.2 Å². The van der Waals surface area contributed by atoms with Gasteiger partial charge in [-0.2, -0.15) is 4.37 Å². The van der Waals surface area contributed by atoms with Crippen LogP contribution in [-0.2, 0) is 0 Å². The maximum Gasteiger partial charge on any atom is 0.153 e. The molecule has 1 rings (SSSR count). The lowest BCUT2D eigenvalue weighted by molar-refractivity contribution is 0.705. The topological polar surface area (TPSA) is 42.2 Å². The third kappa shape index (κ3) is 3.28. The van der Waals surface area contributed by atoms with Gasteiger partial charge in [0.1, 0.15) is 5.00 Å². The van der Waals surface area contributed by atoms with Crippen LogP contribution >= 0.6 is 23.3 Å². The number of nitrogens with two attached hydrogens (primary N) is 1. The lowest BCUT2D eigenvalue weighted by Crippen LogP contribution is -2.17. The number of rotatable bonds is 6. The minimum Gasteiger partial charge on any atom is -0.382 e. The van der Waals surface area contributed by atoms with Crippen LogP contribution in [0, 0.1) is 0 Å². The van der Waals surface area contributed by atoms with Crippen molar-refractivity contribution in [1.29, 1.82) is 0 Å². The molecule has 15 heavy (non-hydrogen) atoms. The molecule has 1 heterocycles. The summed E-state index contributed by atoms with van der Waals surface area (Å²) in [7, 11) is 2.11. The van der Waals surface area contributed by atoms with Gasteiger partial charge in [-0.25, -0.2) is 0 Å². The van der Waals surface area contributed by atoms with Crippen LogP contribution in [0.25, 0.3) is 0 Å². The van der Waals surface area contributed by atoms with Crippen molar-refractivity contribution in [2.24, 2.45) is 0 Å². The lowest BCUT2D eigenvalue weighted by atomic mass is 10.2. The number of nitrogen functional groups attached to an aromatic ring is 1. The van der Waals surface area contributed by atoms with Crippen LogP contribution in [0.5, 0.6) is 0 Å². The van der Waals surface area contributed by atoms with Gasteiger partial charge in [0.05, 0.1) is 4.90 Å². The van der Waals surface area contributed by atoms with E-state index in [4.69, 9.17) is 5.73 Å².